The Kier molecular flexibility index (Phi) is 6.48. The van der Waals surface area contributed by atoms with Crippen molar-refractivity contribution in [1.82, 2.24) is 9.80 Å². The number of furan rings is 1. The van der Waals surface area contributed by atoms with Crippen LogP contribution in [0.2, 0.25) is 0 Å². The Morgan fingerprint density at radius 2 is 1.81 bits per heavy atom. The molecule has 1 atom stereocenters. The predicted molar refractivity (Wildman–Crippen MR) is 127 cm³/mol. The van der Waals surface area contributed by atoms with Gasteiger partial charge in [0.15, 0.2) is 11.5 Å². The van der Waals surface area contributed by atoms with Crippen LogP contribution in [-0.2, 0) is 4.79 Å². The number of carbonyl (C=O) groups excluding carboxylic acids is 2. The number of rotatable bonds is 8. The molecule has 2 aromatic carbocycles. The Morgan fingerprint density at radius 3 is 2.47 bits per heavy atom. The lowest BCUT2D eigenvalue weighted by Gasteiger charge is -2.29. The monoisotopic (exact) mass is 496 g/mol. The molecule has 1 amide bonds. The molecule has 1 aliphatic heterocycles. The summed E-state index contributed by atoms with van der Waals surface area (Å²) in [5.74, 6) is -1.42. The topological polar surface area (TPSA) is 74.0 Å². The number of halogens is 1. The van der Waals surface area contributed by atoms with Crippen LogP contribution in [0.5, 0.6) is 0 Å². The summed E-state index contributed by atoms with van der Waals surface area (Å²) >= 11 is 3.43. The van der Waals surface area contributed by atoms with Gasteiger partial charge in [-0.1, -0.05) is 60.1 Å². The first-order valence-corrected chi connectivity index (χ1v) is 11.5. The molecule has 1 aliphatic rings. The first kappa shape index (κ1) is 22.3. The van der Waals surface area contributed by atoms with E-state index in [1.54, 1.807) is 17.0 Å². The Hall–Kier alpha value is -2.90. The molecule has 0 unspecified atom stereocenters. The number of carbonyl (C=O) groups is 2. The van der Waals surface area contributed by atoms with Gasteiger partial charge in [-0.25, -0.2) is 0 Å². The van der Waals surface area contributed by atoms with Crippen LogP contribution < -0.4 is 0 Å². The molecule has 0 saturated carbocycles. The summed E-state index contributed by atoms with van der Waals surface area (Å²) in [6, 6.07) is 15.7. The average Bonchev–Trinajstić information content (AvgIpc) is 3.34. The minimum absolute atomic E-state index is 0.0518. The van der Waals surface area contributed by atoms with Gasteiger partial charge in [0.1, 0.15) is 5.58 Å². The van der Waals surface area contributed by atoms with Crippen LogP contribution in [0.25, 0.3) is 11.0 Å². The summed E-state index contributed by atoms with van der Waals surface area (Å²) in [6.45, 7) is 6.87. The van der Waals surface area contributed by atoms with E-state index in [0.29, 0.717) is 18.7 Å². The lowest BCUT2D eigenvalue weighted by molar-refractivity contribution is -0.129. The summed E-state index contributed by atoms with van der Waals surface area (Å²) in [6.07, 6.45) is 0. The SMILES string of the molecule is CCN(CC)CCN1C(=O)C(O)=C(C(=O)c2cc3ccccc3o2)[C@@H]1c1ccc(Br)cc1. The van der Waals surface area contributed by atoms with Gasteiger partial charge in [-0.3, -0.25) is 9.59 Å². The van der Waals surface area contributed by atoms with Crippen molar-refractivity contribution in [3.8, 4) is 0 Å². The highest BCUT2D eigenvalue weighted by Crippen LogP contribution is 2.39. The van der Waals surface area contributed by atoms with E-state index in [9.17, 15) is 14.7 Å². The summed E-state index contributed by atoms with van der Waals surface area (Å²) in [5.41, 5.74) is 1.39. The minimum Gasteiger partial charge on any atom is -0.503 e. The summed E-state index contributed by atoms with van der Waals surface area (Å²) in [4.78, 5) is 30.4. The number of nitrogens with zero attached hydrogens (tertiary/aromatic N) is 2. The maximum atomic E-state index is 13.5. The van der Waals surface area contributed by atoms with Crippen molar-refractivity contribution < 1.29 is 19.1 Å². The third-order valence-corrected chi connectivity index (χ3v) is 6.46. The van der Waals surface area contributed by atoms with Gasteiger partial charge in [0.2, 0.25) is 5.78 Å². The molecular weight excluding hydrogens is 472 g/mol. The number of amides is 1. The fourth-order valence-corrected chi connectivity index (χ4v) is 4.39. The first-order chi connectivity index (χ1) is 15.4. The molecule has 0 bridgehead atoms. The van der Waals surface area contributed by atoms with Crippen LogP contribution in [0.15, 0.2) is 74.8 Å². The number of aliphatic hydroxyl groups is 1. The number of aliphatic hydroxyl groups excluding tert-OH is 1. The van der Waals surface area contributed by atoms with Crippen molar-refractivity contribution in [2.24, 2.45) is 0 Å². The zero-order valence-electron chi connectivity index (χ0n) is 18.0. The highest BCUT2D eigenvalue weighted by Gasteiger charge is 2.44. The molecule has 32 heavy (non-hydrogen) atoms. The molecule has 2 heterocycles. The van der Waals surface area contributed by atoms with E-state index >= 15 is 0 Å². The van der Waals surface area contributed by atoms with Gasteiger partial charge in [0.05, 0.1) is 11.6 Å². The molecule has 7 heteroatoms. The molecule has 3 aromatic rings. The quantitative estimate of drug-likeness (QED) is 0.438. The minimum atomic E-state index is -0.688. The third kappa shape index (κ3) is 4.10. The third-order valence-electron chi connectivity index (χ3n) is 5.93. The molecule has 4 rings (SSSR count). The van der Waals surface area contributed by atoms with E-state index in [-0.39, 0.29) is 11.3 Å². The zero-order chi connectivity index (χ0) is 22.8. The van der Waals surface area contributed by atoms with E-state index in [4.69, 9.17) is 4.42 Å². The summed E-state index contributed by atoms with van der Waals surface area (Å²) in [7, 11) is 0. The molecule has 0 radical (unpaired) electrons. The van der Waals surface area contributed by atoms with Crippen molar-refractivity contribution in [3.05, 3.63) is 81.7 Å². The van der Waals surface area contributed by atoms with E-state index in [1.165, 1.54) is 0 Å². The van der Waals surface area contributed by atoms with E-state index in [1.807, 2.05) is 42.5 Å². The Bertz CT molecular complexity index is 1150. The van der Waals surface area contributed by atoms with Crippen LogP contribution in [0.3, 0.4) is 0 Å². The van der Waals surface area contributed by atoms with Gasteiger partial charge < -0.3 is 19.3 Å². The molecular formula is C25H25BrN2O4. The van der Waals surface area contributed by atoms with Crippen molar-refractivity contribution >= 4 is 38.6 Å². The number of ketones is 1. The molecule has 0 aliphatic carbocycles. The van der Waals surface area contributed by atoms with Crippen LogP contribution in [0.1, 0.15) is 36.0 Å². The Labute approximate surface area is 195 Å². The second-order valence-corrected chi connectivity index (χ2v) is 8.64. The summed E-state index contributed by atoms with van der Waals surface area (Å²) in [5, 5.41) is 11.6. The van der Waals surface area contributed by atoms with E-state index in [2.05, 4.69) is 34.7 Å². The lowest BCUT2D eigenvalue weighted by atomic mass is 9.95. The molecule has 166 valence electrons. The fraction of sp³-hybridized carbons (Fsp3) is 0.280. The Morgan fingerprint density at radius 1 is 1.12 bits per heavy atom. The van der Waals surface area contributed by atoms with Crippen molar-refractivity contribution in [1.29, 1.82) is 0 Å². The first-order valence-electron chi connectivity index (χ1n) is 10.7. The Balaban J connectivity index is 1.74. The van der Waals surface area contributed by atoms with Crippen LogP contribution in [-0.4, -0.2) is 52.8 Å². The van der Waals surface area contributed by atoms with E-state index < -0.39 is 23.5 Å². The molecule has 6 nitrogen and oxygen atoms in total. The van der Waals surface area contributed by atoms with Crippen LogP contribution in [0.4, 0.5) is 0 Å². The lowest BCUT2D eigenvalue weighted by Crippen LogP contribution is -2.38. The number of fused-ring (bicyclic) bond motifs is 1. The van der Waals surface area contributed by atoms with Crippen LogP contribution in [0, 0.1) is 0 Å². The van der Waals surface area contributed by atoms with Crippen LogP contribution >= 0.6 is 15.9 Å². The number of hydrogen-bond acceptors (Lipinski definition) is 5. The second-order valence-electron chi connectivity index (χ2n) is 7.72. The smallest absolute Gasteiger partial charge is 0.290 e. The zero-order valence-corrected chi connectivity index (χ0v) is 19.6. The normalized spacial score (nSPS) is 16.6. The van der Waals surface area contributed by atoms with Crippen molar-refractivity contribution in [2.75, 3.05) is 26.2 Å². The van der Waals surface area contributed by atoms with Gasteiger partial charge >= 0.3 is 0 Å². The predicted octanol–water partition coefficient (Wildman–Crippen LogP) is 5.12. The highest BCUT2D eigenvalue weighted by atomic mass is 79.9. The number of para-hydroxylation sites is 1. The number of Topliss-reactive ketones (excluding diaryl/α,β-unsaturated/α-hetero) is 1. The van der Waals surface area contributed by atoms with Gasteiger partial charge in [0.25, 0.3) is 5.91 Å². The number of likely N-dealkylation sites (N-methyl/N-ethyl adjacent to an activating group) is 1. The average molecular weight is 497 g/mol. The standard InChI is InChI=1S/C25H25BrN2O4/c1-3-27(4-2)13-14-28-22(16-9-11-18(26)12-10-16)21(24(30)25(28)31)23(29)20-15-17-7-5-6-8-19(17)32-20/h5-12,15,22,30H,3-4,13-14H2,1-2H3/t22-/m0/s1. The summed E-state index contributed by atoms with van der Waals surface area (Å²) < 4.78 is 6.64. The largest absolute Gasteiger partial charge is 0.503 e. The van der Waals surface area contributed by atoms with Gasteiger partial charge in [-0.15, -0.1) is 0 Å². The maximum Gasteiger partial charge on any atom is 0.290 e. The van der Waals surface area contributed by atoms with Crippen molar-refractivity contribution in [2.45, 2.75) is 19.9 Å². The molecule has 0 spiro atoms. The van der Waals surface area contributed by atoms with Gasteiger partial charge in [0, 0.05) is 22.9 Å². The maximum absolute atomic E-state index is 13.5. The second kappa shape index (κ2) is 9.30. The molecule has 0 fully saturated rings. The number of benzene rings is 2. The molecule has 0 saturated heterocycles. The number of hydrogen-bond donors (Lipinski definition) is 1. The fourth-order valence-electron chi connectivity index (χ4n) is 4.12. The highest BCUT2D eigenvalue weighted by molar-refractivity contribution is 9.10. The van der Waals surface area contributed by atoms with Gasteiger partial charge in [-0.05, 0) is 42.9 Å². The molecule has 1 N–H and O–H groups in total. The van der Waals surface area contributed by atoms with E-state index in [0.717, 1.165) is 28.5 Å². The molecule has 1 aromatic heterocycles. The van der Waals surface area contributed by atoms with Crippen molar-refractivity contribution in [3.63, 3.8) is 0 Å². The van der Waals surface area contributed by atoms with Gasteiger partial charge in [-0.2, -0.15) is 0 Å².